The molecule has 0 spiro atoms. The molecular formula is C22H24N4O. The molecule has 5 heteroatoms. The van der Waals surface area contributed by atoms with Crippen molar-refractivity contribution in [3.63, 3.8) is 0 Å². The number of hydrogen-bond acceptors (Lipinski definition) is 3. The molecule has 1 aromatic heterocycles. The maximum Gasteiger partial charge on any atom is 0.254 e. The SMILES string of the molecule is Cc1ccc(C(=O)N2CCN(c3cc(-c4ccccc4)[nH]n3)CC2)c(C)c1. The van der Waals surface area contributed by atoms with Crippen LogP contribution in [0.4, 0.5) is 5.82 Å². The second-order valence-corrected chi connectivity index (χ2v) is 7.10. The number of carbonyl (C=O) groups is 1. The largest absolute Gasteiger partial charge is 0.352 e. The van der Waals surface area contributed by atoms with E-state index >= 15 is 0 Å². The Kier molecular flexibility index (Phi) is 4.67. The van der Waals surface area contributed by atoms with Gasteiger partial charge < -0.3 is 9.80 Å². The molecule has 27 heavy (non-hydrogen) atoms. The summed E-state index contributed by atoms with van der Waals surface area (Å²) < 4.78 is 0. The maximum atomic E-state index is 12.8. The number of hydrogen-bond donors (Lipinski definition) is 1. The number of carbonyl (C=O) groups excluding carboxylic acids is 1. The van der Waals surface area contributed by atoms with Crippen LogP contribution in [0.15, 0.2) is 54.6 Å². The van der Waals surface area contributed by atoms with Crippen molar-refractivity contribution in [2.45, 2.75) is 13.8 Å². The van der Waals surface area contributed by atoms with E-state index in [4.69, 9.17) is 0 Å². The Morgan fingerprint density at radius 1 is 0.963 bits per heavy atom. The van der Waals surface area contributed by atoms with Crippen LogP contribution in [0.1, 0.15) is 21.5 Å². The minimum Gasteiger partial charge on any atom is -0.352 e. The molecule has 0 atom stereocenters. The predicted molar refractivity (Wildman–Crippen MR) is 108 cm³/mol. The Labute approximate surface area is 159 Å². The van der Waals surface area contributed by atoms with Crippen molar-refractivity contribution < 1.29 is 4.79 Å². The molecule has 3 aromatic rings. The van der Waals surface area contributed by atoms with Crippen molar-refractivity contribution in [1.29, 1.82) is 0 Å². The first-order valence-corrected chi connectivity index (χ1v) is 9.34. The highest BCUT2D eigenvalue weighted by Gasteiger charge is 2.24. The zero-order valence-electron chi connectivity index (χ0n) is 15.8. The number of anilines is 1. The fraction of sp³-hybridized carbons (Fsp3) is 0.273. The van der Waals surface area contributed by atoms with E-state index in [2.05, 4.69) is 39.4 Å². The topological polar surface area (TPSA) is 52.2 Å². The van der Waals surface area contributed by atoms with Crippen LogP contribution in [0, 0.1) is 13.8 Å². The second-order valence-electron chi connectivity index (χ2n) is 7.10. The van der Waals surface area contributed by atoms with Crippen LogP contribution in [0.25, 0.3) is 11.3 Å². The van der Waals surface area contributed by atoms with E-state index in [1.165, 1.54) is 5.56 Å². The van der Waals surface area contributed by atoms with Crippen molar-refractivity contribution >= 4 is 11.7 Å². The maximum absolute atomic E-state index is 12.8. The number of nitrogens with zero attached hydrogens (tertiary/aromatic N) is 3. The lowest BCUT2D eigenvalue weighted by Crippen LogP contribution is -2.49. The molecule has 0 bridgehead atoms. The fourth-order valence-electron chi connectivity index (χ4n) is 3.60. The standard InChI is InChI=1S/C22H24N4O/c1-16-8-9-19(17(2)14-16)22(27)26-12-10-25(11-13-26)21-15-20(23-24-21)18-6-4-3-5-7-18/h3-9,14-15H,10-13H2,1-2H3,(H,23,24). The molecule has 0 radical (unpaired) electrons. The van der Waals surface area contributed by atoms with Gasteiger partial charge in [0.15, 0.2) is 5.82 Å². The number of aryl methyl sites for hydroxylation is 2. The van der Waals surface area contributed by atoms with Gasteiger partial charge in [-0.15, -0.1) is 0 Å². The number of aromatic nitrogens is 2. The summed E-state index contributed by atoms with van der Waals surface area (Å²) in [7, 11) is 0. The lowest BCUT2D eigenvalue weighted by molar-refractivity contribution is 0.0746. The zero-order valence-corrected chi connectivity index (χ0v) is 15.8. The van der Waals surface area contributed by atoms with Gasteiger partial charge in [-0.2, -0.15) is 5.10 Å². The van der Waals surface area contributed by atoms with Crippen LogP contribution in [0.2, 0.25) is 0 Å². The number of aromatic amines is 1. The number of rotatable bonds is 3. The zero-order chi connectivity index (χ0) is 18.8. The van der Waals surface area contributed by atoms with E-state index in [0.717, 1.165) is 41.3 Å². The summed E-state index contributed by atoms with van der Waals surface area (Å²) in [4.78, 5) is 17.0. The minimum absolute atomic E-state index is 0.124. The van der Waals surface area contributed by atoms with Gasteiger partial charge in [0.2, 0.25) is 0 Å². The van der Waals surface area contributed by atoms with E-state index in [-0.39, 0.29) is 5.91 Å². The van der Waals surface area contributed by atoms with Crippen LogP contribution in [-0.2, 0) is 0 Å². The van der Waals surface area contributed by atoms with Gasteiger partial charge in [-0.1, -0.05) is 48.0 Å². The third-order valence-electron chi connectivity index (χ3n) is 5.15. The Balaban J connectivity index is 1.42. The summed E-state index contributed by atoms with van der Waals surface area (Å²) in [6.07, 6.45) is 0. The van der Waals surface area contributed by atoms with Crippen LogP contribution in [0.3, 0.4) is 0 Å². The number of H-pyrrole nitrogens is 1. The van der Waals surface area contributed by atoms with Gasteiger partial charge in [-0.25, -0.2) is 0 Å². The summed E-state index contributed by atoms with van der Waals surface area (Å²) in [5.41, 5.74) is 5.17. The lowest BCUT2D eigenvalue weighted by Gasteiger charge is -2.35. The van der Waals surface area contributed by atoms with Gasteiger partial charge in [0, 0.05) is 37.8 Å². The Morgan fingerprint density at radius 3 is 2.41 bits per heavy atom. The summed E-state index contributed by atoms with van der Waals surface area (Å²) in [6, 6.07) is 18.3. The third kappa shape index (κ3) is 3.58. The number of benzene rings is 2. The van der Waals surface area contributed by atoms with Crippen molar-refractivity contribution in [2.75, 3.05) is 31.1 Å². The molecule has 2 aromatic carbocycles. The predicted octanol–water partition coefficient (Wildman–Crippen LogP) is 3.66. The molecule has 0 unspecified atom stereocenters. The van der Waals surface area contributed by atoms with Gasteiger partial charge >= 0.3 is 0 Å². The molecule has 138 valence electrons. The summed E-state index contributed by atoms with van der Waals surface area (Å²) >= 11 is 0. The van der Waals surface area contributed by atoms with Gasteiger partial charge in [-0.3, -0.25) is 9.89 Å². The van der Waals surface area contributed by atoms with Crippen LogP contribution in [0.5, 0.6) is 0 Å². The van der Waals surface area contributed by atoms with Crippen LogP contribution >= 0.6 is 0 Å². The molecule has 2 heterocycles. The van der Waals surface area contributed by atoms with E-state index in [0.29, 0.717) is 13.1 Å². The molecule has 0 saturated carbocycles. The number of nitrogens with one attached hydrogen (secondary N) is 1. The Morgan fingerprint density at radius 2 is 1.70 bits per heavy atom. The van der Waals surface area contributed by atoms with E-state index in [1.807, 2.05) is 49.1 Å². The average Bonchev–Trinajstić information content (AvgIpc) is 3.19. The summed E-state index contributed by atoms with van der Waals surface area (Å²) in [5.74, 6) is 1.06. The number of piperazine rings is 1. The first-order chi connectivity index (χ1) is 13.1. The minimum atomic E-state index is 0.124. The highest BCUT2D eigenvalue weighted by Crippen LogP contribution is 2.23. The van der Waals surface area contributed by atoms with E-state index in [9.17, 15) is 4.79 Å². The van der Waals surface area contributed by atoms with Gasteiger partial charge in [0.1, 0.15) is 0 Å². The van der Waals surface area contributed by atoms with Crippen molar-refractivity contribution in [3.05, 3.63) is 71.3 Å². The van der Waals surface area contributed by atoms with Gasteiger partial charge in [-0.05, 0) is 31.0 Å². The molecule has 1 amide bonds. The van der Waals surface area contributed by atoms with Crippen molar-refractivity contribution in [3.8, 4) is 11.3 Å². The second kappa shape index (κ2) is 7.27. The smallest absolute Gasteiger partial charge is 0.254 e. The number of amides is 1. The Bertz CT molecular complexity index is 940. The van der Waals surface area contributed by atoms with E-state index < -0.39 is 0 Å². The molecule has 0 aliphatic carbocycles. The quantitative estimate of drug-likeness (QED) is 0.776. The molecule has 1 saturated heterocycles. The molecule has 1 aliphatic rings. The lowest BCUT2D eigenvalue weighted by atomic mass is 10.0. The molecule has 4 rings (SSSR count). The molecule has 1 fully saturated rings. The summed E-state index contributed by atoms with van der Waals surface area (Å²) in [5, 5.41) is 7.59. The normalized spacial score (nSPS) is 14.4. The average molecular weight is 360 g/mol. The molecule has 5 nitrogen and oxygen atoms in total. The summed E-state index contributed by atoms with van der Waals surface area (Å²) in [6.45, 7) is 7.05. The van der Waals surface area contributed by atoms with Crippen molar-refractivity contribution in [1.82, 2.24) is 15.1 Å². The first kappa shape index (κ1) is 17.3. The Hall–Kier alpha value is -3.08. The fourth-order valence-corrected chi connectivity index (χ4v) is 3.60. The molecular weight excluding hydrogens is 336 g/mol. The molecule has 1 aliphatic heterocycles. The molecule has 1 N–H and O–H groups in total. The van der Waals surface area contributed by atoms with Gasteiger partial charge in [0.05, 0.1) is 5.69 Å². The van der Waals surface area contributed by atoms with Gasteiger partial charge in [0.25, 0.3) is 5.91 Å². The van der Waals surface area contributed by atoms with Crippen LogP contribution < -0.4 is 4.90 Å². The van der Waals surface area contributed by atoms with Crippen LogP contribution in [-0.4, -0.2) is 47.2 Å². The highest BCUT2D eigenvalue weighted by atomic mass is 16.2. The first-order valence-electron chi connectivity index (χ1n) is 9.34. The van der Waals surface area contributed by atoms with E-state index in [1.54, 1.807) is 0 Å². The monoisotopic (exact) mass is 360 g/mol. The highest BCUT2D eigenvalue weighted by molar-refractivity contribution is 5.95. The van der Waals surface area contributed by atoms with Crippen molar-refractivity contribution in [2.24, 2.45) is 0 Å². The third-order valence-corrected chi connectivity index (χ3v) is 5.15.